The van der Waals surface area contributed by atoms with Crippen LogP contribution in [0.1, 0.15) is 37.4 Å². The summed E-state index contributed by atoms with van der Waals surface area (Å²) < 4.78 is 12.3. The van der Waals surface area contributed by atoms with Crippen LogP contribution in [0.3, 0.4) is 0 Å². The molecule has 2 amide bonds. The van der Waals surface area contributed by atoms with Gasteiger partial charge in [-0.25, -0.2) is 0 Å². The smallest absolute Gasteiger partial charge is 0.255 e. The van der Waals surface area contributed by atoms with E-state index in [4.69, 9.17) is 9.47 Å². The molecule has 0 saturated heterocycles. The summed E-state index contributed by atoms with van der Waals surface area (Å²) in [6, 6.07) is 44.5. The fraction of sp³-hybridized carbons (Fsp3) is 0.179. The van der Waals surface area contributed by atoms with E-state index in [-0.39, 0.29) is 11.8 Å². The molecule has 0 unspecified atom stereocenters. The van der Waals surface area contributed by atoms with Crippen molar-refractivity contribution in [2.24, 2.45) is 0 Å². The second-order valence-corrected chi connectivity index (χ2v) is 10.8. The molecule has 0 aromatic heterocycles. The number of amides is 2. The lowest BCUT2D eigenvalue weighted by atomic mass is 10.1. The Morgan fingerprint density at radius 1 is 0.478 bits per heavy atom. The molecule has 0 radical (unpaired) electrons. The molecule has 0 fully saturated rings. The molecule has 5 aromatic rings. The van der Waals surface area contributed by atoms with Crippen LogP contribution in [-0.4, -0.2) is 43.0 Å². The Labute approximate surface area is 270 Å². The fourth-order valence-corrected chi connectivity index (χ4v) is 4.99. The van der Waals surface area contributed by atoms with Crippen LogP contribution >= 0.6 is 0 Å². The number of nitrogens with one attached hydrogen (secondary N) is 2. The number of rotatable bonds is 16. The Morgan fingerprint density at radius 3 is 1.28 bits per heavy atom. The van der Waals surface area contributed by atoms with Crippen LogP contribution in [0.4, 0.5) is 0 Å². The minimum Gasteiger partial charge on any atom is -0.491 e. The highest BCUT2D eigenvalue weighted by atomic mass is 16.5. The van der Waals surface area contributed by atoms with Crippen LogP contribution in [0.25, 0.3) is 0 Å². The molecule has 0 aliphatic rings. The first kappa shape index (κ1) is 32.0. The highest BCUT2D eigenvalue weighted by molar-refractivity contribution is 5.97. The number of hydrogen-bond donors (Lipinski definition) is 2. The highest BCUT2D eigenvalue weighted by Crippen LogP contribution is 2.20. The van der Waals surface area contributed by atoms with E-state index in [2.05, 4.69) is 27.7 Å². The van der Waals surface area contributed by atoms with Gasteiger partial charge in [0, 0.05) is 32.7 Å². The van der Waals surface area contributed by atoms with Gasteiger partial charge in [0.05, 0.1) is 11.1 Å². The van der Waals surface area contributed by atoms with Gasteiger partial charge >= 0.3 is 0 Å². The van der Waals surface area contributed by atoms with Gasteiger partial charge < -0.3 is 20.1 Å². The summed E-state index contributed by atoms with van der Waals surface area (Å²) in [5.74, 6) is 0.722. The molecule has 2 N–H and O–H groups in total. The van der Waals surface area contributed by atoms with Crippen molar-refractivity contribution in [2.45, 2.75) is 19.6 Å². The summed E-state index contributed by atoms with van der Waals surface area (Å²) in [4.78, 5) is 28.2. The van der Waals surface area contributed by atoms with Gasteiger partial charge in [-0.15, -0.1) is 0 Å². The topological polar surface area (TPSA) is 79.9 Å². The van der Waals surface area contributed by atoms with Crippen molar-refractivity contribution in [2.75, 3.05) is 26.3 Å². The number of ether oxygens (including phenoxy) is 2. The first-order valence-electron chi connectivity index (χ1n) is 15.5. The predicted octanol–water partition coefficient (Wildman–Crippen LogP) is 6.51. The molecular weight excluding hydrogens is 574 g/mol. The number of nitrogens with zero attached hydrogens (tertiary/aromatic N) is 1. The maximum atomic E-state index is 13.0. The summed E-state index contributed by atoms with van der Waals surface area (Å²) in [5, 5.41) is 5.97. The zero-order valence-electron chi connectivity index (χ0n) is 25.8. The van der Waals surface area contributed by atoms with E-state index in [9.17, 15) is 9.59 Å². The lowest BCUT2D eigenvalue weighted by molar-refractivity contribution is 0.0939. The van der Waals surface area contributed by atoms with E-state index >= 15 is 0 Å². The largest absolute Gasteiger partial charge is 0.491 e. The minimum atomic E-state index is -0.180. The lowest BCUT2D eigenvalue weighted by Crippen LogP contribution is -2.32. The second kappa shape index (κ2) is 17.2. The number of carbonyl (C=O) groups excluding carboxylic acids is 2. The van der Waals surface area contributed by atoms with E-state index in [1.165, 1.54) is 5.56 Å². The van der Waals surface area contributed by atoms with Gasteiger partial charge in [0.25, 0.3) is 11.8 Å². The Kier molecular flexibility index (Phi) is 12.0. The molecule has 5 rings (SSSR count). The van der Waals surface area contributed by atoms with Crippen LogP contribution in [0, 0.1) is 0 Å². The Bertz CT molecular complexity index is 1560. The average Bonchev–Trinajstić information content (AvgIpc) is 3.11. The third-order valence-electron chi connectivity index (χ3n) is 7.43. The van der Waals surface area contributed by atoms with Crippen molar-refractivity contribution in [1.82, 2.24) is 15.5 Å². The van der Waals surface area contributed by atoms with Crippen molar-refractivity contribution < 1.29 is 19.1 Å². The van der Waals surface area contributed by atoms with Crippen molar-refractivity contribution >= 4 is 11.8 Å². The normalized spacial score (nSPS) is 10.7. The van der Waals surface area contributed by atoms with Crippen LogP contribution < -0.4 is 20.1 Å². The SMILES string of the molecule is O=C(NCc1ccccc1)c1ccccc1OCCN(CCOc1ccccc1C(=O)NCc1ccccc1)Cc1ccccc1. The zero-order chi connectivity index (χ0) is 31.8. The van der Waals surface area contributed by atoms with Crippen molar-refractivity contribution in [3.63, 3.8) is 0 Å². The van der Waals surface area contributed by atoms with Gasteiger partial charge in [0.15, 0.2) is 0 Å². The average molecular weight is 614 g/mol. The summed E-state index contributed by atoms with van der Waals surface area (Å²) in [6.07, 6.45) is 0. The molecule has 7 nitrogen and oxygen atoms in total. The van der Waals surface area contributed by atoms with E-state index in [0.717, 1.165) is 11.1 Å². The summed E-state index contributed by atoms with van der Waals surface area (Å²) in [5.41, 5.74) is 4.23. The van der Waals surface area contributed by atoms with Crippen LogP contribution in [0.2, 0.25) is 0 Å². The van der Waals surface area contributed by atoms with Crippen LogP contribution in [0.15, 0.2) is 140 Å². The quantitative estimate of drug-likeness (QED) is 0.133. The molecule has 0 saturated carbocycles. The Balaban J connectivity index is 1.17. The summed E-state index contributed by atoms with van der Waals surface area (Å²) in [6.45, 7) is 3.57. The van der Waals surface area contributed by atoms with Gasteiger partial charge in [-0.05, 0) is 41.0 Å². The number of benzene rings is 5. The van der Waals surface area contributed by atoms with Gasteiger partial charge in [-0.1, -0.05) is 115 Å². The van der Waals surface area contributed by atoms with E-state index in [0.29, 0.717) is 68.6 Å². The predicted molar refractivity (Wildman–Crippen MR) is 181 cm³/mol. The molecular formula is C39H39N3O4. The van der Waals surface area contributed by atoms with Gasteiger partial charge in [-0.3, -0.25) is 14.5 Å². The Morgan fingerprint density at radius 2 is 0.848 bits per heavy atom. The first-order valence-corrected chi connectivity index (χ1v) is 15.5. The molecule has 5 aromatic carbocycles. The van der Waals surface area contributed by atoms with E-state index in [1.54, 1.807) is 12.1 Å². The molecule has 234 valence electrons. The van der Waals surface area contributed by atoms with Gasteiger partial charge in [-0.2, -0.15) is 0 Å². The van der Waals surface area contributed by atoms with Gasteiger partial charge in [0.1, 0.15) is 24.7 Å². The van der Waals surface area contributed by atoms with E-state index < -0.39 is 0 Å². The highest BCUT2D eigenvalue weighted by Gasteiger charge is 2.15. The molecule has 0 heterocycles. The summed E-state index contributed by atoms with van der Waals surface area (Å²) >= 11 is 0. The van der Waals surface area contributed by atoms with E-state index in [1.807, 2.05) is 115 Å². The zero-order valence-corrected chi connectivity index (χ0v) is 25.8. The molecule has 0 aliphatic carbocycles. The lowest BCUT2D eigenvalue weighted by Gasteiger charge is -2.23. The number of para-hydroxylation sites is 2. The molecule has 0 aliphatic heterocycles. The fourth-order valence-electron chi connectivity index (χ4n) is 4.99. The van der Waals surface area contributed by atoms with Crippen molar-refractivity contribution in [3.05, 3.63) is 167 Å². The third kappa shape index (κ3) is 9.81. The maximum absolute atomic E-state index is 13.0. The second-order valence-electron chi connectivity index (χ2n) is 10.8. The third-order valence-corrected chi connectivity index (χ3v) is 7.43. The number of hydrogen-bond acceptors (Lipinski definition) is 5. The van der Waals surface area contributed by atoms with Crippen LogP contribution in [0.5, 0.6) is 11.5 Å². The molecule has 0 bridgehead atoms. The van der Waals surface area contributed by atoms with Crippen molar-refractivity contribution in [3.8, 4) is 11.5 Å². The standard InChI is InChI=1S/C39H39N3O4/c43-38(40-28-31-14-4-1-5-15-31)34-20-10-12-22-36(34)45-26-24-42(30-33-18-8-3-9-19-33)25-27-46-37-23-13-11-21-35(37)39(44)41-29-32-16-6-2-7-17-32/h1-23H,24-30H2,(H,40,43)(H,41,44). The van der Waals surface area contributed by atoms with Crippen molar-refractivity contribution in [1.29, 1.82) is 0 Å². The Hall–Kier alpha value is -5.40. The number of carbonyl (C=O) groups is 2. The molecule has 7 heteroatoms. The first-order chi connectivity index (χ1) is 22.7. The molecule has 0 atom stereocenters. The van der Waals surface area contributed by atoms with Crippen LogP contribution in [-0.2, 0) is 19.6 Å². The minimum absolute atomic E-state index is 0.180. The molecule has 0 spiro atoms. The monoisotopic (exact) mass is 613 g/mol. The maximum Gasteiger partial charge on any atom is 0.255 e. The summed E-state index contributed by atoms with van der Waals surface area (Å²) in [7, 11) is 0. The molecule has 46 heavy (non-hydrogen) atoms. The van der Waals surface area contributed by atoms with Gasteiger partial charge in [0.2, 0.25) is 0 Å².